The molecule has 2 N–H and O–H groups in total. The Kier molecular flexibility index (Phi) is 5.87. The molecule has 1 aromatic carbocycles. The highest BCUT2D eigenvalue weighted by Crippen LogP contribution is 2.50. The largest absolute Gasteiger partial charge is 0.381 e. The number of aromatic nitrogens is 2. The molecule has 30 heavy (non-hydrogen) atoms. The maximum Gasteiger partial charge on any atom is 0.267 e. The normalized spacial score (nSPS) is 19.4. The van der Waals surface area contributed by atoms with Crippen molar-refractivity contribution in [2.24, 2.45) is 11.1 Å². The third-order valence-electron chi connectivity index (χ3n) is 6.83. The van der Waals surface area contributed by atoms with E-state index in [2.05, 4.69) is 41.1 Å². The highest BCUT2D eigenvalue weighted by Gasteiger charge is 2.52. The zero-order chi connectivity index (χ0) is 21.3. The molecule has 0 bridgehead atoms. The first-order chi connectivity index (χ1) is 14.4. The molecule has 0 atom stereocenters. The standard InChI is InChI=1S/C14H19NO.C10H15N3O/c1-11-3-5-12(6-4-11)15-9-14(10-15)7-13(8-14)16-2;1-2-7-9(10(11)14)13-6-4-3-5-8(13)12-7/h3-6,13H,7-10H2,1-2H3;2-6H2,1H3,(H2,11,14). The van der Waals surface area contributed by atoms with Gasteiger partial charge < -0.3 is 19.9 Å². The van der Waals surface area contributed by atoms with Crippen molar-refractivity contribution in [1.82, 2.24) is 9.55 Å². The Morgan fingerprint density at radius 3 is 2.53 bits per heavy atom. The van der Waals surface area contributed by atoms with E-state index < -0.39 is 0 Å². The summed E-state index contributed by atoms with van der Waals surface area (Å²) >= 11 is 0. The fraction of sp³-hybridized carbons (Fsp3) is 0.583. The van der Waals surface area contributed by atoms with Gasteiger partial charge in [-0.2, -0.15) is 0 Å². The van der Waals surface area contributed by atoms with Crippen LogP contribution in [0, 0.1) is 12.3 Å². The summed E-state index contributed by atoms with van der Waals surface area (Å²) < 4.78 is 7.35. The number of rotatable bonds is 4. The lowest BCUT2D eigenvalue weighted by atomic mass is 9.61. The molecular formula is C24H34N4O2. The lowest BCUT2D eigenvalue weighted by Crippen LogP contribution is -2.64. The third-order valence-corrected chi connectivity index (χ3v) is 6.83. The van der Waals surface area contributed by atoms with Crippen LogP contribution in [0.4, 0.5) is 5.69 Å². The number of benzene rings is 1. The van der Waals surface area contributed by atoms with Gasteiger partial charge >= 0.3 is 0 Å². The Bertz CT molecular complexity index is 889. The third kappa shape index (κ3) is 3.97. The maximum atomic E-state index is 11.3. The van der Waals surface area contributed by atoms with E-state index in [1.54, 1.807) is 0 Å². The molecule has 1 spiro atoms. The first-order valence-corrected chi connectivity index (χ1v) is 11.2. The number of imidazole rings is 1. The molecule has 2 aromatic rings. The van der Waals surface area contributed by atoms with Crippen LogP contribution in [-0.2, 0) is 24.1 Å². The predicted molar refractivity (Wildman–Crippen MR) is 119 cm³/mol. The first kappa shape index (κ1) is 20.9. The zero-order valence-electron chi connectivity index (χ0n) is 18.5. The molecule has 2 fully saturated rings. The van der Waals surface area contributed by atoms with Crippen LogP contribution in [0.1, 0.15) is 60.2 Å². The van der Waals surface area contributed by atoms with Crippen LogP contribution in [0.25, 0.3) is 0 Å². The molecule has 1 aliphatic carbocycles. The second-order valence-corrected chi connectivity index (χ2v) is 9.11. The second-order valence-electron chi connectivity index (χ2n) is 9.11. The van der Waals surface area contributed by atoms with Gasteiger partial charge in [-0.05, 0) is 51.2 Å². The monoisotopic (exact) mass is 410 g/mol. The summed E-state index contributed by atoms with van der Waals surface area (Å²) in [4.78, 5) is 18.2. The number of aryl methyl sites for hydroxylation is 3. The van der Waals surface area contributed by atoms with E-state index >= 15 is 0 Å². The number of fused-ring (bicyclic) bond motifs is 1. The number of amides is 1. The molecule has 1 amide bonds. The van der Waals surface area contributed by atoms with Crippen molar-refractivity contribution in [3.63, 3.8) is 0 Å². The number of ether oxygens (including phenoxy) is 1. The van der Waals surface area contributed by atoms with Crippen LogP contribution in [0.3, 0.4) is 0 Å². The van der Waals surface area contributed by atoms with Crippen molar-refractivity contribution >= 4 is 11.6 Å². The Labute approximate surface area is 179 Å². The second kappa shape index (κ2) is 8.42. The molecule has 3 heterocycles. The van der Waals surface area contributed by atoms with Gasteiger partial charge in [0.1, 0.15) is 11.5 Å². The van der Waals surface area contributed by atoms with Crippen LogP contribution < -0.4 is 10.6 Å². The number of hydrogen-bond donors (Lipinski definition) is 1. The van der Waals surface area contributed by atoms with Crippen LogP contribution in [0.2, 0.25) is 0 Å². The molecule has 0 radical (unpaired) electrons. The average molecular weight is 411 g/mol. The van der Waals surface area contributed by atoms with Gasteiger partial charge in [0.25, 0.3) is 5.91 Å². The molecule has 1 saturated carbocycles. The van der Waals surface area contributed by atoms with Gasteiger partial charge in [0.05, 0.1) is 11.8 Å². The number of carbonyl (C=O) groups is 1. The Morgan fingerprint density at radius 2 is 1.93 bits per heavy atom. The fourth-order valence-corrected chi connectivity index (χ4v) is 5.09. The van der Waals surface area contributed by atoms with E-state index in [1.165, 1.54) is 43.6 Å². The minimum Gasteiger partial charge on any atom is -0.381 e. The molecule has 6 nitrogen and oxygen atoms in total. The summed E-state index contributed by atoms with van der Waals surface area (Å²) in [6.45, 7) is 7.46. The van der Waals surface area contributed by atoms with Gasteiger partial charge in [0, 0.05) is 44.3 Å². The van der Waals surface area contributed by atoms with Gasteiger partial charge in [-0.15, -0.1) is 0 Å². The number of carbonyl (C=O) groups excluding carboxylic acids is 1. The number of nitrogens with zero attached hydrogens (tertiary/aromatic N) is 3. The topological polar surface area (TPSA) is 73.4 Å². The SMILES string of the molecule is CCc1nc2n(c1C(N)=O)CCCC2.COC1CC2(C1)CN(c1ccc(C)cc1)C2. The van der Waals surface area contributed by atoms with Gasteiger partial charge in [-0.3, -0.25) is 4.79 Å². The van der Waals surface area contributed by atoms with Crippen LogP contribution in [0.5, 0.6) is 0 Å². The lowest BCUT2D eigenvalue weighted by Gasteiger charge is -2.59. The van der Waals surface area contributed by atoms with Crippen LogP contribution in [0.15, 0.2) is 24.3 Å². The highest BCUT2D eigenvalue weighted by atomic mass is 16.5. The predicted octanol–water partition coefficient (Wildman–Crippen LogP) is 3.49. The number of nitrogens with two attached hydrogens (primary N) is 1. The number of anilines is 1. The zero-order valence-corrected chi connectivity index (χ0v) is 18.5. The summed E-state index contributed by atoms with van der Waals surface area (Å²) in [5, 5.41) is 0. The van der Waals surface area contributed by atoms with Gasteiger partial charge in [-0.25, -0.2) is 4.98 Å². The van der Waals surface area contributed by atoms with E-state index in [0.29, 0.717) is 17.2 Å². The summed E-state index contributed by atoms with van der Waals surface area (Å²) in [7, 11) is 1.83. The fourth-order valence-electron chi connectivity index (χ4n) is 5.09. The summed E-state index contributed by atoms with van der Waals surface area (Å²) in [6.07, 6.45) is 7.07. The summed E-state index contributed by atoms with van der Waals surface area (Å²) in [5.41, 5.74) is 10.1. The first-order valence-electron chi connectivity index (χ1n) is 11.2. The average Bonchev–Trinajstić information content (AvgIpc) is 3.07. The maximum absolute atomic E-state index is 11.3. The minimum absolute atomic E-state index is 0.345. The quantitative estimate of drug-likeness (QED) is 0.837. The van der Waals surface area contributed by atoms with Gasteiger partial charge in [0.2, 0.25) is 0 Å². The molecule has 162 valence electrons. The molecule has 2 aliphatic heterocycles. The highest BCUT2D eigenvalue weighted by molar-refractivity contribution is 5.92. The summed E-state index contributed by atoms with van der Waals surface area (Å²) in [5.74, 6) is 0.685. The van der Waals surface area contributed by atoms with E-state index in [0.717, 1.165) is 37.3 Å². The lowest BCUT2D eigenvalue weighted by molar-refractivity contribution is -0.0731. The Morgan fingerprint density at radius 1 is 1.23 bits per heavy atom. The van der Waals surface area contributed by atoms with Crippen molar-refractivity contribution in [3.8, 4) is 0 Å². The van der Waals surface area contributed by atoms with Crippen LogP contribution >= 0.6 is 0 Å². The number of methoxy groups -OCH3 is 1. The molecule has 3 aliphatic rings. The van der Waals surface area contributed by atoms with Crippen molar-refractivity contribution in [2.75, 3.05) is 25.1 Å². The van der Waals surface area contributed by atoms with Crippen molar-refractivity contribution < 1.29 is 9.53 Å². The van der Waals surface area contributed by atoms with E-state index in [4.69, 9.17) is 10.5 Å². The summed E-state index contributed by atoms with van der Waals surface area (Å²) in [6, 6.07) is 8.85. The van der Waals surface area contributed by atoms with E-state index in [-0.39, 0.29) is 5.91 Å². The van der Waals surface area contributed by atoms with Crippen molar-refractivity contribution in [2.45, 2.75) is 65.0 Å². The molecule has 1 saturated heterocycles. The Hall–Kier alpha value is -2.34. The van der Waals surface area contributed by atoms with E-state index in [9.17, 15) is 4.79 Å². The Balaban J connectivity index is 0.000000147. The molecule has 6 heteroatoms. The number of primary amides is 1. The number of hydrogen-bond acceptors (Lipinski definition) is 4. The smallest absolute Gasteiger partial charge is 0.267 e. The van der Waals surface area contributed by atoms with Gasteiger partial charge in [0.15, 0.2) is 0 Å². The van der Waals surface area contributed by atoms with Crippen molar-refractivity contribution in [3.05, 3.63) is 47.0 Å². The van der Waals surface area contributed by atoms with Crippen LogP contribution in [-0.4, -0.2) is 41.8 Å². The molecule has 1 aromatic heterocycles. The molecule has 5 rings (SSSR count). The van der Waals surface area contributed by atoms with E-state index in [1.807, 2.05) is 18.6 Å². The van der Waals surface area contributed by atoms with Crippen molar-refractivity contribution in [1.29, 1.82) is 0 Å². The molecule has 0 unspecified atom stereocenters. The molecular weight excluding hydrogens is 376 g/mol. The van der Waals surface area contributed by atoms with Gasteiger partial charge in [-0.1, -0.05) is 24.6 Å². The minimum atomic E-state index is -0.345.